The van der Waals surface area contributed by atoms with E-state index in [0.29, 0.717) is 11.4 Å². The van der Waals surface area contributed by atoms with E-state index in [4.69, 9.17) is 5.26 Å². The number of nitrogens with one attached hydrogen (secondary N) is 1. The maximum Gasteiger partial charge on any atom is 0.148 e. The van der Waals surface area contributed by atoms with Crippen LogP contribution in [0.1, 0.15) is 16.8 Å². The molecule has 0 unspecified atom stereocenters. The lowest BCUT2D eigenvalue weighted by molar-refractivity contribution is 0.627. The highest BCUT2D eigenvalue weighted by Gasteiger charge is 2.06. The van der Waals surface area contributed by atoms with Gasteiger partial charge in [-0.15, -0.1) is 0 Å². The summed E-state index contributed by atoms with van der Waals surface area (Å²) in [5.74, 6) is 0.211. The largest absolute Gasteiger partial charge is 0.339 e. The van der Waals surface area contributed by atoms with Crippen LogP contribution in [0.15, 0.2) is 30.3 Å². The van der Waals surface area contributed by atoms with Gasteiger partial charge in [0.15, 0.2) is 0 Å². The van der Waals surface area contributed by atoms with Crippen molar-refractivity contribution in [1.82, 2.24) is 4.98 Å². The molecule has 0 saturated heterocycles. The third-order valence-corrected chi connectivity index (χ3v) is 2.60. The van der Waals surface area contributed by atoms with Gasteiger partial charge >= 0.3 is 0 Å². The second-order valence-electron chi connectivity index (χ2n) is 4.04. The monoisotopic (exact) mass is 241 g/mol. The minimum absolute atomic E-state index is 0.282. The fourth-order valence-corrected chi connectivity index (χ4v) is 1.64. The molecule has 0 atom stereocenters. The molecule has 0 spiro atoms. The molecule has 1 heterocycles. The topological polar surface area (TPSA) is 48.7 Å². The van der Waals surface area contributed by atoms with Gasteiger partial charge in [0.25, 0.3) is 0 Å². The minimum Gasteiger partial charge on any atom is -0.339 e. The van der Waals surface area contributed by atoms with E-state index in [2.05, 4.69) is 16.4 Å². The van der Waals surface area contributed by atoms with Gasteiger partial charge < -0.3 is 5.32 Å². The molecule has 0 saturated carbocycles. The summed E-state index contributed by atoms with van der Waals surface area (Å²) in [7, 11) is 0. The molecule has 2 aromatic rings. The van der Waals surface area contributed by atoms with Crippen molar-refractivity contribution in [2.75, 3.05) is 5.32 Å². The zero-order valence-corrected chi connectivity index (χ0v) is 10.2. The van der Waals surface area contributed by atoms with Crippen molar-refractivity contribution in [3.05, 3.63) is 53.0 Å². The van der Waals surface area contributed by atoms with Gasteiger partial charge in [-0.1, -0.05) is 0 Å². The summed E-state index contributed by atoms with van der Waals surface area (Å²) in [6.45, 7) is 3.65. The molecular weight excluding hydrogens is 229 g/mol. The zero-order chi connectivity index (χ0) is 13.1. The van der Waals surface area contributed by atoms with Crippen LogP contribution < -0.4 is 5.32 Å². The highest BCUT2D eigenvalue weighted by Crippen LogP contribution is 2.22. The molecule has 0 amide bonds. The van der Waals surface area contributed by atoms with E-state index >= 15 is 0 Å². The van der Waals surface area contributed by atoms with E-state index in [0.717, 1.165) is 16.9 Å². The van der Waals surface area contributed by atoms with Crippen LogP contribution in [0.25, 0.3) is 0 Å². The summed E-state index contributed by atoms with van der Waals surface area (Å²) in [6.07, 6.45) is 0. The van der Waals surface area contributed by atoms with Crippen molar-refractivity contribution >= 4 is 11.5 Å². The number of aromatic nitrogens is 1. The van der Waals surface area contributed by atoms with E-state index in [9.17, 15) is 4.39 Å². The predicted molar refractivity (Wildman–Crippen MR) is 68.1 cm³/mol. The zero-order valence-electron chi connectivity index (χ0n) is 10.2. The molecule has 0 aliphatic heterocycles. The number of hydrogen-bond acceptors (Lipinski definition) is 3. The van der Waals surface area contributed by atoms with E-state index in [-0.39, 0.29) is 5.82 Å². The first-order valence-electron chi connectivity index (χ1n) is 5.51. The molecule has 18 heavy (non-hydrogen) atoms. The molecule has 0 bridgehead atoms. The number of halogens is 1. The second-order valence-corrected chi connectivity index (χ2v) is 4.04. The average molecular weight is 241 g/mol. The summed E-state index contributed by atoms with van der Waals surface area (Å²) < 4.78 is 13.0. The van der Waals surface area contributed by atoms with Crippen molar-refractivity contribution in [2.45, 2.75) is 13.8 Å². The fourth-order valence-electron chi connectivity index (χ4n) is 1.64. The summed E-state index contributed by atoms with van der Waals surface area (Å²) >= 11 is 0. The summed E-state index contributed by atoms with van der Waals surface area (Å²) in [4.78, 5) is 4.28. The smallest absolute Gasteiger partial charge is 0.148 e. The van der Waals surface area contributed by atoms with E-state index in [1.807, 2.05) is 6.92 Å². The average Bonchev–Trinajstić information content (AvgIpc) is 2.33. The number of nitrogens with zero attached hydrogens (tertiary/aromatic N) is 2. The maximum atomic E-state index is 13.0. The van der Waals surface area contributed by atoms with Gasteiger partial charge in [-0.05, 0) is 49.7 Å². The molecule has 90 valence electrons. The number of anilines is 2. The Morgan fingerprint density at radius 1 is 1.22 bits per heavy atom. The molecule has 0 fully saturated rings. The van der Waals surface area contributed by atoms with E-state index in [1.165, 1.54) is 12.1 Å². The van der Waals surface area contributed by atoms with Gasteiger partial charge in [-0.2, -0.15) is 5.26 Å². The predicted octanol–water partition coefficient (Wildman–Crippen LogP) is 3.45. The lowest BCUT2D eigenvalue weighted by Gasteiger charge is -2.10. The number of rotatable bonds is 2. The maximum absolute atomic E-state index is 13.0. The van der Waals surface area contributed by atoms with Gasteiger partial charge in [-0.3, -0.25) is 0 Å². The van der Waals surface area contributed by atoms with Gasteiger partial charge in [0.2, 0.25) is 0 Å². The van der Waals surface area contributed by atoms with Crippen LogP contribution in [-0.4, -0.2) is 4.98 Å². The molecule has 1 N–H and O–H groups in total. The van der Waals surface area contributed by atoms with Gasteiger partial charge in [0.05, 0.1) is 5.56 Å². The molecule has 2 rings (SSSR count). The summed E-state index contributed by atoms with van der Waals surface area (Å²) in [5.41, 5.74) is 2.79. The number of nitriles is 1. The van der Waals surface area contributed by atoms with Gasteiger partial charge in [0.1, 0.15) is 17.7 Å². The van der Waals surface area contributed by atoms with Crippen LogP contribution in [-0.2, 0) is 0 Å². The Hall–Kier alpha value is -2.41. The van der Waals surface area contributed by atoms with Crippen LogP contribution in [0, 0.1) is 31.0 Å². The van der Waals surface area contributed by atoms with Crippen LogP contribution in [0.5, 0.6) is 0 Å². The van der Waals surface area contributed by atoms with E-state index < -0.39 is 0 Å². The highest BCUT2D eigenvalue weighted by molar-refractivity contribution is 5.65. The summed E-state index contributed by atoms with van der Waals surface area (Å²) in [6, 6.07) is 10.0. The third-order valence-electron chi connectivity index (χ3n) is 2.60. The Morgan fingerprint density at radius 3 is 2.67 bits per heavy atom. The van der Waals surface area contributed by atoms with Gasteiger partial charge in [0, 0.05) is 11.4 Å². The summed E-state index contributed by atoms with van der Waals surface area (Å²) in [5, 5.41) is 12.1. The van der Waals surface area contributed by atoms with Crippen molar-refractivity contribution in [1.29, 1.82) is 5.26 Å². The highest BCUT2D eigenvalue weighted by atomic mass is 19.1. The van der Waals surface area contributed by atoms with Crippen LogP contribution in [0.2, 0.25) is 0 Å². The fraction of sp³-hybridized carbons (Fsp3) is 0.143. The number of hydrogen-bond donors (Lipinski definition) is 1. The molecule has 3 nitrogen and oxygen atoms in total. The Bertz CT molecular complexity index is 629. The first-order chi connectivity index (χ1) is 8.60. The van der Waals surface area contributed by atoms with Crippen molar-refractivity contribution in [3.8, 4) is 6.07 Å². The standard InChI is InChI=1S/C14H12FN3/c1-9-7-12(15)5-6-13(9)18-14-11(8-16)4-3-10(2)17-14/h3-7H,1-2H3,(H,17,18). The molecule has 0 aliphatic rings. The molecule has 0 aliphatic carbocycles. The first kappa shape index (κ1) is 12.1. The van der Waals surface area contributed by atoms with Crippen molar-refractivity contribution < 1.29 is 4.39 Å². The normalized spacial score (nSPS) is 9.89. The number of aryl methyl sites for hydroxylation is 2. The Morgan fingerprint density at radius 2 is 2.00 bits per heavy atom. The van der Waals surface area contributed by atoms with Crippen molar-refractivity contribution in [2.24, 2.45) is 0 Å². The Kier molecular flexibility index (Phi) is 3.24. The van der Waals surface area contributed by atoms with Crippen LogP contribution in [0.3, 0.4) is 0 Å². The minimum atomic E-state index is -0.282. The van der Waals surface area contributed by atoms with E-state index in [1.54, 1.807) is 25.1 Å². The quantitative estimate of drug-likeness (QED) is 0.876. The SMILES string of the molecule is Cc1ccc(C#N)c(Nc2ccc(F)cc2C)n1. The lowest BCUT2D eigenvalue weighted by Crippen LogP contribution is -2.00. The molecule has 1 aromatic heterocycles. The number of benzene rings is 1. The third kappa shape index (κ3) is 2.46. The molecule has 4 heteroatoms. The lowest BCUT2D eigenvalue weighted by atomic mass is 10.2. The second kappa shape index (κ2) is 4.84. The van der Waals surface area contributed by atoms with Crippen molar-refractivity contribution in [3.63, 3.8) is 0 Å². The molecule has 1 aromatic carbocycles. The Labute approximate surface area is 105 Å². The van der Waals surface area contributed by atoms with Crippen LogP contribution in [0.4, 0.5) is 15.9 Å². The first-order valence-corrected chi connectivity index (χ1v) is 5.51. The van der Waals surface area contributed by atoms with Gasteiger partial charge in [-0.25, -0.2) is 9.37 Å². The molecular formula is C14H12FN3. The number of pyridine rings is 1. The van der Waals surface area contributed by atoms with Crippen LogP contribution >= 0.6 is 0 Å². The Balaban J connectivity index is 2.40. The molecule has 0 radical (unpaired) electrons.